The van der Waals surface area contributed by atoms with E-state index < -0.39 is 28.7 Å². The zero-order chi connectivity index (χ0) is 27.7. The number of nitrogens with zero attached hydrogens (tertiary/aromatic N) is 4. The largest absolute Gasteiger partial charge is 0.382 e. The first-order chi connectivity index (χ1) is 18.6. The van der Waals surface area contributed by atoms with Crippen molar-refractivity contribution in [2.75, 3.05) is 10.6 Å². The van der Waals surface area contributed by atoms with Crippen LogP contribution in [0.5, 0.6) is 0 Å². The highest BCUT2D eigenvalue weighted by Gasteiger charge is 2.41. The van der Waals surface area contributed by atoms with Crippen LogP contribution in [0, 0.1) is 23.4 Å². The molecule has 2 heterocycles. The molecule has 0 aliphatic heterocycles. The Kier molecular flexibility index (Phi) is 7.80. The smallest absolute Gasteiger partial charge is 0.224 e. The SMILES string of the molecule is CC(C)Nc1ncc2nc(Nc3c(F)cc(F)cc3F)n(C3CCC(O)(C(=O)CCC4CCCC4)CC3)c2n1. The monoisotopic (exact) mass is 544 g/mol. The van der Waals surface area contributed by atoms with Crippen molar-refractivity contribution in [3.8, 4) is 0 Å². The Hall–Kier alpha value is -3.21. The Labute approximate surface area is 225 Å². The van der Waals surface area contributed by atoms with E-state index in [1.807, 2.05) is 13.8 Å². The van der Waals surface area contributed by atoms with Gasteiger partial charge in [-0.15, -0.1) is 0 Å². The molecule has 2 saturated carbocycles. The standard InChI is InChI=1S/C28H35F3N6O2/c1-16(2)33-26-32-15-22-25(36-26)37(27(34-22)35-24-20(30)13-18(29)14-21(24)31)19-9-11-28(39,12-10-19)23(38)8-7-17-5-3-4-6-17/h13-17,19,39H,3-12H2,1-2H3,(H,34,35)(H,32,33,36). The molecule has 0 unspecified atom stereocenters. The predicted octanol–water partition coefficient (Wildman–Crippen LogP) is 6.19. The molecule has 2 aromatic heterocycles. The van der Waals surface area contributed by atoms with E-state index in [2.05, 4.69) is 25.6 Å². The third kappa shape index (κ3) is 5.88. The van der Waals surface area contributed by atoms with Crippen molar-refractivity contribution in [1.29, 1.82) is 0 Å². The van der Waals surface area contributed by atoms with Crippen LogP contribution in [-0.4, -0.2) is 42.1 Å². The fourth-order valence-corrected chi connectivity index (χ4v) is 5.91. The van der Waals surface area contributed by atoms with E-state index >= 15 is 0 Å². The Morgan fingerprint density at radius 1 is 1.10 bits per heavy atom. The molecule has 1 aromatic carbocycles. The number of ketones is 1. The molecule has 8 nitrogen and oxygen atoms in total. The highest BCUT2D eigenvalue weighted by atomic mass is 19.1. The molecular weight excluding hydrogens is 509 g/mol. The number of Topliss-reactive ketones (excluding diaryl/α,β-unsaturated/α-hetero) is 1. The van der Waals surface area contributed by atoms with Gasteiger partial charge in [-0.3, -0.25) is 9.36 Å². The number of aliphatic hydroxyl groups is 1. The molecule has 0 saturated heterocycles. The van der Waals surface area contributed by atoms with Gasteiger partial charge in [0.25, 0.3) is 0 Å². The minimum Gasteiger partial charge on any atom is -0.382 e. The topological polar surface area (TPSA) is 105 Å². The fraction of sp³-hybridized carbons (Fsp3) is 0.571. The minimum absolute atomic E-state index is 0.0683. The molecule has 0 spiro atoms. The van der Waals surface area contributed by atoms with Crippen molar-refractivity contribution in [2.45, 2.75) is 95.7 Å². The Balaban J connectivity index is 1.42. The van der Waals surface area contributed by atoms with E-state index in [1.165, 1.54) is 19.0 Å². The molecule has 39 heavy (non-hydrogen) atoms. The second-order valence-corrected chi connectivity index (χ2v) is 11.3. The second-order valence-electron chi connectivity index (χ2n) is 11.3. The van der Waals surface area contributed by atoms with Crippen molar-refractivity contribution in [1.82, 2.24) is 19.5 Å². The van der Waals surface area contributed by atoms with E-state index in [1.54, 1.807) is 4.57 Å². The van der Waals surface area contributed by atoms with Gasteiger partial charge in [0.2, 0.25) is 11.9 Å². The number of anilines is 3. The van der Waals surface area contributed by atoms with E-state index in [9.17, 15) is 23.1 Å². The van der Waals surface area contributed by atoms with Crippen LogP contribution >= 0.6 is 0 Å². The molecule has 2 aliphatic rings. The molecule has 0 radical (unpaired) electrons. The zero-order valence-electron chi connectivity index (χ0n) is 22.3. The quantitative estimate of drug-likeness (QED) is 0.295. The molecular formula is C28H35F3N6O2. The highest BCUT2D eigenvalue weighted by molar-refractivity contribution is 5.87. The number of halogens is 3. The number of carbonyl (C=O) groups excluding carboxylic acids is 1. The van der Waals surface area contributed by atoms with Crippen LogP contribution in [0.15, 0.2) is 18.3 Å². The maximum atomic E-state index is 14.5. The molecule has 2 fully saturated rings. The number of carbonyl (C=O) groups is 1. The lowest BCUT2D eigenvalue weighted by atomic mass is 9.77. The average Bonchev–Trinajstić information content (AvgIpc) is 3.52. The van der Waals surface area contributed by atoms with Gasteiger partial charge in [-0.2, -0.15) is 4.98 Å². The number of benzene rings is 1. The molecule has 2 aliphatic carbocycles. The van der Waals surface area contributed by atoms with Gasteiger partial charge in [0.05, 0.1) is 6.20 Å². The molecule has 11 heteroatoms. The van der Waals surface area contributed by atoms with E-state index in [4.69, 9.17) is 0 Å². The van der Waals surface area contributed by atoms with Crippen LogP contribution in [0.1, 0.15) is 84.1 Å². The highest BCUT2D eigenvalue weighted by Crippen LogP contribution is 2.41. The van der Waals surface area contributed by atoms with Gasteiger partial charge in [-0.25, -0.2) is 23.1 Å². The van der Waals surface area contributed by atoms with Gasteiger partial charge in [0, 0.05) is 30.6 Å². The van der Waals surface area contributed by atoms with Crippen molar-refractivity contribution in [3.63, 3.8) is 0 Å². The summed E-state index contributed by atoms with van der Waals surface area (Å²) in [4.78, 5) is 26.4. The summed E-state index contributed by atoms with van der Waals surface area (Å²) in [6.45, 7) is 3.90. The van der Waals surface area contributed by atoms with Crippen LogP contribution in [0.2, 0.25) is 0 Å². The van der Waals surface area contributed by atoms with Crippen LogP contribution in [0.4, 0.5) is 30.8 Å². The summed E-state index contributed by atoms with van der Waals surface area (Å²) in [6, 6.07) is 1.01. The average molecular weight is 545 g/mol. The lowest BCUT2D eigenvalue weighted by Crippen LogP contribution is -2.42. The van der Waals surface area contributed by atoms with Gasteiger partial charge >= 0.3 is 0 Å². The lowest BCUT2D eigenvalue weighted by Gasteiger charge is -2.36. The van der Waals surface area contributed by atoms with Gasteiger partial charge in [0.15, 0.2) is 23.1 Å². The van der Waals surface area contributed by atoms with Crippen LogP contribution in [0.3, 0.4) is 0 Å². The Morgan fingerprint density at radius 2 is 1.77 bits per heavy atom. The Morgan fingerprint density at radius 3 is 2.41 bits per heavy atom. The lowest BCUT2D eigenvalue weighted by molar-refractivity contribution is -0.141. The summed E-state index contributed by atoms with van der Waals surface area (Å²) >= 11 is 0. The molecule has 5 rings (SSSR count). The molecule has 210 valence electrons. The first kappa shape index (κ1) is 27.4. The summed E-state index contributed by atoms with van der Waals surface area (Å²) in [7, 11) is 0. The van der Waals surface area contributed by atoms with Crippen LogP contribution in [0.25, 0.3) is 11.2 Å². The number of aromatic nitrogens is 4. The van der Waals surface area contributed by atoms with Crippen molar-refractivity contribution >= 4 is 34.5 Å². The second kappa shape index (κ2) is 11.1. The Bertz CT molecular complexity index is 1320. The van der Waals surface area contributed by atoms with E-state index in [-0.39, 0.29) is 36.7 Å². The van der Waals surface area contributed by atoms with Crippen molar-refractivity contribution < 1.29 is 23.1 Å². The first-order valence-corrected chi connectivity index (χ1v) is 13.8. The van der Waals surface area contributed by atoms with Gasteiger partial charge in [0.1, 0.15) is 22.6 Å². The van der Waals surface area contributed by atoms with Crippen LogP contribution in [-0.2, 0) is 4.79 Å². The zero-order valence-corrected chi connectivity index (χ0v) is 22.3. The van der Waals surface area contributed by atoms with Gasteiger partial charge in [-0.1, -0.05) is 25.7 Å². The van der Waals surface area contributed by atoms with E-state index in [0.717, 1.165) is 19.3 Å². The van der Waals surface area contributed by atoms with Gasteiger partial charge < -0.3 is 15.7 Å². The van der Waals surface area contributed by atoms with Crippen molar-refractivity contribution in [2.24, 2.45) is 5.92 Å². The number of hydrogen-bond acceptors (Lipinski definition) is 7. The fourth-order valence-electron chi connectivity index (χ4n) is 5.91. The third-order valence-electron chi connectivity index (χ3n) is 8.02. The minimum atomic E-state index is -1.38. The van der Waals surface area contributed by atoms with Crippen LogP contribution < -0.4 is 10.6 Å². The summed E-state index contributed by atoms with van der Waals surface area (Å²) in [5.74, 6) is -2.26. The summed E-state index contributed by atoms with van der Waals surface area (Å²) in [6.07, 6.45) is 8.88. The predicted molar refractivity (Wildman–Crippen MR) is 142 cm³/mol. The maximum Gasteiger partial charge on any atom is 0.224 e. The maximum absolute atomic E-state index is 14.5. The number of rotatable bonds is 9. The number of hydrogen-bond donors (Lipinski definition) is 3. The van der Waals surface area contributed by atoms with Crippen molar-refractivity contribution in [3.05, 3.63) is 35.8 Å². The summed E-state index contributed by atoms with van der Waals surface area (Å²) in [5.41, 5.74) is -1.06. The van der Waals surface area contributed by atoms with E-state index in [0.29, 0.717) is 54.4 Å². The number of nitrogens with one attached hydrogen (secondary N) is 2. The molecule has 0 amide bonds. The van der Waals surface area contributed by atoms with Gasteiger partial charge in [-0.05, 0) is 51.9 Å². The third-order valence-corrected chi connectivity index (χ3v) is 8.02. The molecule has 3 aromatic rings. The first-order valence-electron chi connectivity index (χ1n) is 13.8. The molecule has 0 atom stereocenters. The normalized spacial score (nSPS) is 22.1. The summed E-state index contributed by atoms with van der Waals surface area (Å²) in [5, 5.41) is 17.1. The number of imidazole rings is 1. The molecule has 0 bridgehead atoms. The number of fused-ring (bicyclic) bond motifs is 1. The molecule has 3 N–H and O–H groups in total. The summed E-state index contributed by atoms with van der Waals surface area (Å²) < 4.78 is 44.3.